The quantitative estimate of drug-likeness (QED) is 0.851. The van der Waals surface area contributed by atoms with E-state index in [0.29, 0.717) is 5.00 Å². The number of hydrogen-bond acceptors (Lipinski definition) is 6. The molecule has 2 aromatic rings. The molecule has 0 aliphatic rings. The minimum atomic E-state index is -0.491. The van der Waals surface area contributed by atoms with Crippen LogP contribution in [0, 0.1) is 13.8 Å². The molecular weight excluding hydrogens is 256 g/mol. The molecule has 0 atom stereocenters. The number of hydrogen-bond donors (Lipinski definition) is 1. The molecule has 2 N–H and O–H groups in total. The van der Waals surface area contributed by atoms with E-state index in [1.54, 1.807) is 11.3 Å². The predicted octanol–water partition coefficient (Wildman–Crippen LogP) is 2.86. The van der Waals surface area contributed by atoms with Crippen LogP contribution in [0.5, 0.6) is 0 Å². The van der Waals surface area contributed by atoms with Gasteiger partial charge in [0.15, 0.2) is 5.69 Å². The van der Waals surface area contributed by atoms with Gasteiger partial charge >= 0.3 is 5.97 Å². The number of anilines is 1. The lowest BCUT2D eigenvalue weighted by molar-refractivity contribution is 0.0596. The molecule has 0 fully saturated rings. The monoisotopic (exact) mass is 268 g/mol. The lowest BCUT2D eigenvalue weighted by atomic mass is 10.3. The molecule has 2 aromatic heterocycles. The smallest absolute Gasteiger partial charge is 0.359 e. The van der Waals surface area contributed by atoms with Crippen LogP contribution in [-0.2, 0) is 4.74 Å². The highest BCUT2D eigenvalue weighted by Crippen LogP contribution is 2.36. The number of nitrogen functional groups attached to an aromatic ring is 1. The zero-order valence-corrected chi connectivity index (χ0v) is 11.4. The van der Waals surface area contributed by atoms with Crippen molar-refractivity contribution in [3.8, 4) is 9.88 Å². The van der Waals surface area contributed by atoms with E-state index >= 15 is 0 Å². The van der Waals surface area contributed by atoms with Crippen LogP contribution in [0.15, 0.2) is 6.07 Å². The number of nitrogens with two attached hydrogens (primary N) is 1. The number of ether oxygens (including phenoxy) is 1. The fourth-order valence-corrected chi connectivity index (χ4v) is 3.26. The van der Waals surface area contributed by atoms with Crippen LogP contribution in [0.2, 0.25) is 0 Å². The topological polar surface area (TPSA) is 65.2 Å². The van der Waals surface area contributed by atoms with Gasteiger partial charge in [0.1, 0.15) is 10.0 Å². The molecule has 0 aliphatic heterocycles. The summed E-state index contributed by atoms with van der Waals surface area (Å²) in [4.78, 5) is 17.9. The Morgan fingerprint density at radius 2 is 2.12 bits per heavy atom. The van der Waals surface area contributed by atoms with Crippen LogP contribution < -0.4 is 5.73 Å². The largest absolute Gasteiger partial charge is 0.464 e. The van der Waals surface area contributed by atoms with E-state index in [2.05, 4.69) is 22.7 Å². The van der Waals surface area contributed by atoms with Gasteiger partial charge in [0, 0.05) is 4.88 Å². The van der Waals surface area contributed by atoms with E-state index in [1.807, 2.05) is 6.92 Å². The summed E-state index contributed by atoms with van der Waals surface area (Å²) in [5, 5.41) is 1.17. The van der Waals surface area contributed by atoms with Crippen molar-refractivity contribution < 1.29 is 9.53 Å². The molecule has 90 valence electrons. The van der Waals surface area contributed by atoms with Crippen molar-refractivity contribution in [3.05, 3.63) is 22.2 Å². The Balaban J connectivity index is 2.44. The average molecular weight is 268 g/mol. The maximum absolute atomic E-state index is 11.4. The third-order valence-corrected chi connectivity index (χ3v) is 4.62. The highest BCUT2D eigenvalue weighted by Gasteiger charge is 2.18. The van der Waals surface area contributed by atoms with Gasteiger partial charge in [-0.25, -0.2) is 9.78 Å². The van der Waals surface area contributed by atoms with E-state index in [4.69, 9.17) is 5.73 Å². The number of aromatic nitrogens is 1. The molecule has 2 heterocycles. The number of thiophene rings is 1. The summed E-state index contributed by atoms with van der Waals surface area (Å²) in [6.45, 7) is 4.11. The first-order valence-electron chi connectivity index (χ1n) is 4.95. The molecular formula is C11H12N2O2S2. The summed E-state index contributed by atoms with van der Waals surface area (Å²) in [7, 11) is 1.32. The normalized spacial score (nSPS) is 10.5. The van der Waals surface area contributed by atoms with Crippen molar-refractivity contribution in [2.75, 3.05) is 12.8 Å². The van der Waals surface area contributed by atoms with Crippen LogP contribution in [0.1, 0.15) is 20.9 Å². The van der Waals surface area contributed by atoms with E-state index < -0.39 is 5.97 Å². The molecule has 0 saturated carbocycles. The van der Waals surface area contributed by atoms with Gasteiger partial charge in [0.05, 0.1) is 12.0 Å². The highest BCUT2D eigenvalue weighted by atomic mass is 32.1. The Kier molecular flexibility index (Phi) is 3.17. The molecule has 4 nitrogen and oxygen atoms in total. The van der Waals surface area contributed by atoms with Gasteiger partial charge in [0.2, 0.25) is 0 Å². The second-order valence-electron chi connectivity index (χ2n) is 3.57. The number of carbonyl (C=O) groups excluding carboxylic acids is 1. The van der Waals surface area contributed by atoms with Gasteiger partial charge in [0.25, 0.3) is 0 Å². The van der Waals surface area contributed by atoms with Crippen molar-refractivity contribution in [1.29, 1.82) is 0 Å². The molecule has 0 spiro atoms. The minimum absolute atomic E-state index is 0.205. The fourth-order valence-electron chi connectivity index (χ4n) is 1.36. The summed E-state index contributed by atoms with van der Waals surface area (Å²) in [6.07, 6.45) is 0. The number of thiazole rings is 1. The van der Waals surface area contributed by atoms with Crippen LogP contribution in [0.25, 0.3) is 9.88 Å². The van der Waals surface area contributed by atoms with E-state index in [1.165, 1.54) is 28.9 Å². The molecule has 2 rings (SSSR count). The van der Waals surface area contributed by atoms with Crippen LogP contribution >= 0.6 is 22.7 Å². The van der Waals surface area contributed by atoms with Gasteiger partial charge in [-0.15, -0.1) is 11.3 Å². The maximum Gasteiger partial charge on any atom is 0.359 e. The Labute approximate surface area is 107 Å². The molecule has 17 heavy (non-hydrogen) atoms. The van der Waals surface area contributed by atoms with Crippen molar-refractivity contribution in [1.82, 2.24) is 4.98 Å². The van der Waals surface area contributed by atoms with Crippen molar-refractivity contribution >= 4 is 33.6 Å². The van der Waals surface area contributed by atoms with E-state index in [-0.39, 0.29) is 5.69 Å². The second-order valence-corrected chi connectivity index (χ2v) is 5.86. The number of aryl methyl sites for hydroxylation is 2. The lowest BCUT2D eigenvalue weighted by Crippen LogP contribution is -2.04. The molecule has 0 amide bonds. The third kappa shape index (κ3) is 2.18. The molecule has 0 unspecified atom stereocenters. The standard InChI is InChI=1S/C11H12N2O2S2/c1-5-4-7(16-6(5)2)10-13-8(9(12)17-10)11(14)15-3/h4H,12H2,1-3H3. The summed E-state index contributed by atoms with van der Waals surface area (Å²) < 4.78 is 4.62. The maximum atomic E-state index is 11.4. The first-order valence-corrected chi connectivity index (χ1v) is 6.58. The Bertz CT molecular complexity index is 553. The van der Waals surface area contributed by atoms with Gasteiger partial charge in [-0.05, 0) is 25.5 Å². The Morgan fingerprint density at radius 3 is 2.65 bits per heavy atom. The van der Waals surface area contributed by atoms with Crippen molar-refractivity contribution in [3.63, 3.8) is 0 Å². The Morgan fingerprint density at radius 1 is 1.41 bits per heavy atom. The second kappa shape index (κ2) is 4.46. The number of nitrogens with zero attached hydrogens (tertiary/aromatic N) is 1. The highest BCUT2D eigenvalue weighted by molar-refractivity contribution is 7.24. The molecule has 0 bridgehead atoms. The number of rotatable bonds is 2. The summed E-state index contributed by atoms with van der Waals surface area (Å²) in [6, 6.07) is 2.05. The predicted molar refractivity (Wildman–Crippen MR) is 70.7 cm³/mol. The van der Waals surface area contributed by atoms with Crippen LogP contribution in [-0.4, -0.2) is 18.1 Å². The van der Waals surface area contributed by atoms with Gasteiger partial charge in [-0.3, -0.25) is 0 Å². The molecule has 0 aliphatic carbocycles. The van der Waals surface area contributed by atoms with E-state index in [0.717, 1.165) is 9.88 Å². The third-order valence-electron chi connectivity index (χ3n) is 2.41. The number of carbonyl (C=O) groups is 1. The number of methoxy groups -OCH3 is 1. The lowest BCUT2D eigenvalue weighted by Gasteiger charge is -1.93. The SMILES string of the molecule is COC(=O)c1nc(-c2cc(C)c(C)s2)sc1N. The van der Waals surface area contributed by atoms with Crippen molar-refractivity contribution in [2.45, 2.75) is 13.8 Å². The first kappa shape index (κ1) is 12.1. The van der Waals surface area contributed by atoms with Crippen LogP contribution in [0.4, 0.5) is 5.00 Å². The van der Waals surface area contributed by atoms with Crippen LogP contribution in [0.3, 0.4) is 0 Å². The molecule has 0 radical (unpaired) electrons. The first-order chi connectivity index (χ1) is 8.02. The zero-order valence-electron chi connectivity index (χ0n) is 9.73. The molecule has 0 saturated heterocycles. The van der Waals surface area contributed by atoms with Gasteiger partial charge < -0.3 is 10.5 Å². The number of esters is 1. The fraction of sp³-hybridized carbons (Fsp3) is 0.273. The minimum Gasteiger partial charge on any atom is -0.464 e. The zero-order chi connectivity index (χ0) is 12.6. The summed E-state index contributed by atoms with van der Waals surface area (Å²) >= 11 is 2.96. The summed E-state index contributed by atoms with van der Waals surface area (Å²) in [5.74, 6) is -0.491. The van der Waals surface area contributed by atoms with Gasteiger partial charge in [-0.1, -0.05) is 11.3 Å². The molecule has 0 aromatic carbocycles. The summed E-state index contributed by atoms with van der Waals surface area (Å²) in [5.41, 5.74) is 7.19. The Hall–Kier alpha value is -1.40. The van der Waals surface area contributed by atoms with Crippen molar-refractivity contribution in [2.24, 2.45) is 0 Å². The average Bonchev–Trinajstić information content (AvgIpc) is 2.82. The molecule has 6 heteroatoms. The van der Waals surface area contributed by atoms with Gasteiger partial charge in [-0.2, -0.15) is 0 Å². The van der Waals surface area contributed by atoms with E-state index in [9.17, 15) is 4.79 Å².